The quantitative estimate of drug-likeness (QED) is 0.246. The highest BCUT2D eigenvalue weighted by molar-refractivity contribution is 7.17. The van der Waals surface area contributed by atoms with Gasteiger partial charge in [-0.3, -0.25) is 29.6 Å². The van der Waals surface area contributed by atoms with Gasteiger partial charge in [0.1, 0.15) is 11.5 Å². The van der Waals surface area contributed by atoms with Crippen molar-refractivity contribution in [3.63, 3.8) is 0 Å². The molecule has 0 unspecified atom stereocenters. The fraction of sp³-hybridized carbons (Fsp3) is 0.179. The number of hydrogen-bond acceptors (Lipinski definition) is 9. The van der Waals surface area contributed by atoms with Crippen LogP contribution in [0.2, 0.25) is 0 Å². The number of nitrogens with one attached hydrogen (secondary N) is 3. The number of carbonyl (C=O) groups excluding carboxylic acids is 2. The fourth-order valence-corrected chi connectivity index (χ4v) is 5.60. The van der Waals surface area contributed by atoms with E-state index in [0.717, 1.165) is 34.7 Å². The van der Waals surface area contributed by atoms with Crippen LogP contribution in [0.25, 0.3) is 32.7 Å². The van der Waals surface area contributed by atoms with E-state index in [1.165, 1.54) is 36.9 Å². The van der Waals surface area contributed by atoms with Crippen LogP contribution in [0, 0.1) is 11.7 Å². The van der Waals surface area contributed by atoms with Gasteiger partial charge in [0.25, 0.3) is 0 Å². The molecule has 0 aromatic carbocycles. The standard InChI is InChI=1S/C28H21FN8O2S/c1-13(38)20-4-5-21(40-20)24-18-12-33-27(35-19(18)6-7-31-24)25-22-23(29)17(11-32-26(22)37-36-25)15-8-16(10-30-9-15)34-28(39)14-2-3-14/h4-11,14H,2-3,12H2,1H3,(H,33,35)(H,34,39)(H,32,36,37). The minimum absolute atomic E-state index is 0.00567. The Morgan fingerprint density at radius 2 is 2.00 bits per heavy atom. The van der Waals surface area contributed by atoms with Crippen molar-refractivity contribution in [3.05, 3.63) is 71.0 Å². The molecule has 1 fully saturated rings. The van der Waals surface area contributed by atoms with Crippen molar-refractivity contribution >= 4 is 51.3 Å². The predicted molar refractivity (Wildman–Crippen MR) is 150 cm³/mol. The molecule has 40 heavy (non-hydrogen) atoms. The number of aliphatic imine (C=N–C) groups is 1. The summed E-state index contributed by atoms with van der Waals surface area (Å²) >= 11 is 1.39. The maximum atomic E-state index is 16.1. The molecule has 6 heterocycles. The molecule has 2 aliphatic rings. The molecule has 0 atom stereocenters. The van der Waals surface area contributed by atoms with Gasteiger partial charge in [0.2, 0.25) is 5.91 Å². The highest BCUT2D eigenvalue weighted by atomic mass is 32.1. The number of nitrogens with zero attached hydrogens (tertiary/aromatic N) is 5. The molecule has 5 aromatic heterocycles. The first kappa shape index (κ1) is 24.2. The third-order valence-corrected chi connectivity index (χ3v) is 8.10. The van der Waals surface area contributed by atoms with Gasteiger partial charge < -0.3 is 10.6 Å². The number of amides is 1. The molecule has 10 nitrogen and oxygen atoms in total. The maximum absolute atomic E-state index is 16.1. The molecule has 0 radical (unpaired) electrons. The molecule has 0 saturated heterocycles. The van der Waals surface area contributed by atoms with E-state index in [4.69, 9.17) is 0 Å². The second kappa shape index (κ2) is 9.42. The van der Waals surface area contributed by atoms with E-state index in [9.17, 15) is 9.59 Å². The van der Waals surface area contributed by atoms with Crippen LogP contribution >= 0.6 is 11.3 Å². The second-order valence-corrected chi connectivity index (χ2v) is 10.8. The number of H-pyrrole nitrogens is 1. The molecule has 7 rings (SSSR count). The van der Waals surface area contributed by atoms with Crippen LogP contribution in [0.5, 0.6) is 0 Å². The summed E-state index contributed by atoms with van der Waals surface area (Å²) in [5.74, 6) is -0.114. The molecule has 1 aliphatic carbocycles. The predicted octanol–water partition coefficient (Wildman–Crippen LogP) is 5.21. The summed E-state index contributed by atoms with van der Waals surface area (Å²) in [4.78, 5) is 43.3. The fourth-order valence-electron chi connectivity index (χ4n) is 4.67. The van der Waals surface area contributed by atoms with E-state index >= 15 is 4.39 Å². The van der Waals surface area contributed by atoms with Crippen LogP contribution in [0.4, 0.5) is 15.8 Å². The third kappa shape index (κ3) is 4.22. The number of halogens is 1. The lowest BCUT2D eigenvalue weighted by Gasteiger charge is -2.19. The van der Waals surface area contributed by atoms with Crippen molar-refractivity contribution in [1.82, 2.24) is 25.1 Å². The van der Waals surface area contributed by atoms with E-state index in [0.29, 0.717) is 34.2 Å². The summed E-state index contributed by atoms with van der Waals surface area (Å²) in [7, 11) is 0. The number of thiophene rings is 1. The summed E-state index contributed by atoms with van der Waals surface area (Å²) in [5, 5.41) is 13.4. The molecule has 0 spiro atoms. The third-order valence-electron chi connectivity index (χ3n) is 6.91. The molecule has 12 heteroatoms. The summed E-state index contributed by atoms with van der Waals surface area (Å²) in [6, 6.07) is 7.20. The van der Waals surface area contributed by atoms with Gasteiger partial charge in [0.05, 0.1) is 39.3 Å². The number of anilines is 2. The molecule has 1 amide bonds. The van der Waals surface area contributed by atoms with E-state index in [2.05, 4.69) is 40.8 Å². The number of amidine groups is 1. The van der Waals surface area contributed by atoms with Crippen LogP contribution < -0.4 is 10.6 Å². The van der Waals surface area contributed by atoms with E-state index < -0.39 is 5.82 Å². The zero-order chi connectivity index (χ0) is 27.4. The van der Waals surface area contributed by atoms with Gasteiger partial charge in [-0.1, -0.05) is 0 Å². The van der Waals surface area contributed by atoms with Crippen LogP contribution in [-0.2, 0) is 11.3 Å². The van der Waals surface area contributed by atoms with Crippen molar-refractivity contribution in [1.29, 1.82) is 0 Å². The van der Waals surface area contributed by atoms with Gasteiger partial charge in [-0.05, 0) is 44.0 Å². The normalized spacial score (nSPS) is 14.4. The zero-order valence-corrected chi connectivity index (χ0v) is 22.0. The number of pyridine rings is 3. The van der Waals surface area contributed by atoms with Crippen LogP contribution in [-0.4, -0.2) is 42.7 Å². The number of aromatic amines is 1. The van der Waals surface area contributed by atoms with Crippen molar-refractivity contribution in [2.24, 2.45) is 10.9 Å². The van der Waals surface area contributed by atoms with E-state index in [1.54, 1.807) is 18.3 Å². The first-order valence-corrected chi connectivity index (χ1v) is 13.5. The Bertz CT molecular complexity index is 1870. The highest BCUT2D eigenvalue weighted by Crippen LogP contribution is 2.36. The van der Waals surface area contributed by atoms with Gasteiger partial charge >= 0.3 is 0 Å². The lowest BCUT2D eigenvalue weighted by molar-refractivity contribution is -0.117. The lowest BCUT2D eigenvalue weighted by Crippen LogP contribution is -2.20. The van der Waals surface area contributed by atoms with Gasteiger partial charge in [-0.25, -0.2) is 9.37 Å². The summed E-state index contributed by atoms with van der Waals surface area (Å²) in [6.07, 6.45) is 7.92. The molecule has 1 saturated carbocycles. The Morgan fingerprint density at radius 3 is 2.80 bits per heavy atom. The lowest BCUT2D eigenvalue weighted by atomic mass is 10.1. The number of rotatable bonds is 6. The Morgan fingerprint density at radius 1 is 1.12 bits per heavy atom. The number of Topliss-reactive ketones (excluding diaryl/α,β-unsaturated/α-hetero) is 1. The maximum Gasteiger partial charge on any atom is 0.227 e. The highest BCUT2D eigenvalue weighted by Gasteiger charge is 2.30. The number of hydrogen-bond donors (Lipinski definition) is 3. The zero-order valence-electron chi connectivity index (χ0n) is 21.2. The number of fused-ring (bicyclic) bond motifs is 2. The first-order chi connectivity index (χ1) is 19.5. The molecule has 0 bridgehead atoms. The second-order valence-electron chi connectivity index (χ2n) is 9.70. The molecule has 5 aromatic rings. The van der Waals surface area contributed by atoms with Crippen LogP contribution in [0.15, 0.2) is 54.0 Å². The average Bonchev–Trinajstić information content (AvgIpc) is 3.53. The largest absolute Gasteiger partial charge is 0.338 e. The summed E-state index contributed by atoms with van der Waals surface area (Å²) in [6.45, 7) is 1.84. The first-order valence-electron chi connectivity index (χ1n) is 12.7. The SMILES string of the molecule is CC(=O)c1ccc(-c2nccc3c2CN=C(c2[nH]nc4ncc(-c5cncc(NC(=O)C6CC6)c5)c(F)c24)N3)s1. The Balaban J connectivity index is 1.22. The average molecular weight is 553 g/mol. The minimum Gasteiger partial charge on any atom is -0.338 e. The monoisotopic (exact) mass is 552 g/mol. The van der Waals surface area contributed by atoms with E-state index in [-0.39, 0.29) is 34.2 Å². The van der Waals surface area contributed by atoms with Crippen molar-refractivity contribution in [3.8, 4) is 21.7 Å². The molecule has 198 valence electrons. The van der Waals surface area contributed by atoms with Crippen LogP contribution in [0.3, 0.4) is 0 Å². The minimum atomic E-state index is -0.526. The number of carbonyl (C=O) groups is 2. The molecular formula is C28H21FN8O2S. The Kier molecular flexibility index (Phi) is 5.70. The van der Waals surface area contributed by atoms with Crippen LogP contribution in [0.1, 0.15) is 40.7 Å². The van der Waals surface area contributed by atoms with Gasteiger partial charge in [-0.2, -0.15) is 5.10 Å². The van der Waals surface area contributed by atoms with Crippen molar-refractivity contribution < 1.29 is 14.0 Å². The Hall–Kier alpha value is -4.84. The molecule has 3 N–H and O–H groups in total. The van der Waals surface area contributed by atoms with Gasteiger partial charge in [-0.15, -0.1) is 11.3 Å². The summed E-state index contributed by atoms with van der Waals surface area (Å²) in [5.41, 5.74) is 4.19. The number of ketones is 1. The van der Waals surface area contributed by atoms with Crippen molar-refractivity contribution in [2.75, 3.05) is 10.6 Å². The molecule has 1 aliphatic heterocycles. The smallest absolute Gasteiger partial charge is 0.227 e. The van der Waals surface area contributed by atoms with Gasteiger partial charge in [0, 0.05) is 46.9 Å². The Labute approximate surface area is 230 Å². The van der Waals surface area contributed by atoms with Crippen molar-refractivity contribution in [2.45, 2.75) is 26.3 Å². The topological polar surface area (TPSA) is 138 Å². The number of aromatic nitrogens is 5. The molecular weight excluding hydrogens is 531 g/mol. The summed E-state index contributed by atoms with van der Waals surface area (Å²) < 4.78 is 16.1. The van der Waals surface area contributed by atoms with Gasteiger partial charge in [0.15, 0.2) is 17.3 Å². The van der Waals surface area contributed by atoms with E-state index in [1.807, 2.05) is 12.1 Å².